The van der Waals surface area contributed by atoms with Crippen LogP contribution in [0.15, 0.2) is 0 Å². The summed E-state index contributed by atoms with van der Waals surface area (Å²) >= 11 is 1.41. The van der Waals surface area contributed by atoms with Crippen molar-refractivity contribution in [2.45, 2.75) is 38.9 Å². The van der Waals surface area contributed by atoms with Crippen LogP contribution in [0, 0.1) is 6.92 Å². The molecule has 2 atom stereocenters. The first-order valence-electron chi connectivity index (χ1n) is 4.15. The summed E-state index contributed by atoms with van der Waals surface area (Å²) in [7, 11) is 0. The number of aromatic nitrogens is 2. The second-order valence-corrected chi connectivity index (χ2v) is 4.72. The van der Waals surface area contributed by atoms with Crippen molar-refractivity contribution < 1.29 is 4.39 Å². The average molecular weight is 203 g/mol. The Kier molecular flexibility index (Phi) is 2.98. The number of nitrogens with two attached hydrogens (primary N) is 1. The van der Waals surface area contributed by atoms with Crippen molar-refractivity contribution >= 4 is 11.3 Å². The van der Waals surface area contributed by atoms with Crippen molar-refractivity contribution in [1.29, 1.82) is 0 Å². The Morgan fingerprint density at radius 1 is 1.62 bits per heavy atom. The van der Waals surface area contributed by atoms with Gasteiger partial charge < -0.3 is 5.73 Å². The van der Waals surface area contributed by atoms with Crippen LogP contribution >= 0.6 is 11.3 Å². The molecule has 13 heavy (non-hydrogen) atoms. The second-order valence-electron chi connectivity index (χ2n) is 3.46. The summed E-state index contributed by atoms with van der Waals surface area (Å²) in [6.07, 6.45) is 0.246. The van der Waals surface area contributed by atoms with Crippen LogP contribution in [-0.2, 0) is 6.42 Å². The van der Waals surface area contributed by atoms with Gasteiger partial charge in [-0.2, -0.15) is 0 Å². The second kappa shape index (κ2) is 3.67. The Morgan fingerprint density at radius 2 is 2.23 bits per heavy atom. The number of aryl methyl sites for hydroxylation is 1. The third-order valence-electron chi connectivity index (χ3n) is 2.01. The standard InChI is InChI=1S/C8H14FN3S/c1-5(10)8(3,9)4-7-12-11-6(2)13-7/h5H,4,10H2,1-3H3. The molecule has 1 rings (SSSR count). The monoisotopic (exact) mass is 203 g/mol. The fourth-order valence-electron chi connectivity index (χ4n) is 0.866. The summed E-state index contributed by atoms with van der Waals surface area (Å²) in [5, 5.41) is 9.24. The minimum absolute atomic E-state index is 0.246. The maximum absolute atomic E-state index is 13.7. The molecule has 0 radical (unpaired) electrons. The highest BCUT2D eigenvalue weighted by Crippen LogP contribution is 2.22. The van der Waals surface area contributed by atoms with Crippen LogP contribution in [0.4, 0.5) is 4.39 Å². The van der Waals surface area contributed by atoms with Crippen molar-refractivity contribution in [2.75, 3.05) is 0 Å². The quantitative estimate of drug-likeness (QED) is 0.809. The molecule has 3 nitrogen and oxygen atoms in total. The molecular formula is C8H14FN3S. The van der Waals surface area contributed by atoms with Crippen LogP contribution in [0.1, 0.15) is 23.9 Å². The van der Waals surface area contributed by atoms with Gasteiger partial charge in [-0.25, -0.2) is 4.39 Å². The minimum atomic E-state index is -1.40. The molecule has 0 aliphatic rings. The van der Waals surface area contributed by atoms with E-state index in [2.05, 4.69) is 10.2 Å². The normalized spacial score (nSPS) is 18.2. The summed E-state index contributed by atoms with van der Waals surface area (Å²) in [6.45, 7) is 5.00. The van der Waals surface area contributed by atoms with Gasteiger partial charge in [-0.05, 0) is 20.8 Å². The van der Waals surface area contributed by atoms with Crippen LogP contribution < -0.4 is 5.73 Å². The molecule has 0 fully saturated rings. The van der Waals surface area contributed by atoms with Gasteiger partial charge in [0.1, 0.15) is 15.7 Å². The zero-order chi connectivity index (χ0) is 10.1. The fourth-order valence-corrected chi connectivity index (χ4v) is 1.72. The molecule has 0 spiro atoms. The van der Waals surface area contributed by atoms with Gasteiger partial charge >= 0.3 is 0 Å². The number of hydrogen-bond acceptors (Lipinski definition) is 4. The average Bonchev–Trinajstić information content (AvgIpc) is 2.34. The maximum Gasteiger partial charge on any atom is 0.129 e. The molecule has 0 aliphatic carbocycles. The molecular weight excluding hydrogens is 189 g/mol. The van der Waals surface area contributed by atoms with Gasteiger partial charge in [-0.3, -0.25) is 0 Å². The highest BCUT2D eigenvalue weighted by molar-refractivity contribution is 7.11. The van der Waals surface area contributed by atoms with Gasteiger partial charge in [0.05, 0.1) is 0 Å². The lowest BCUT2D eigenvalue weighted by Crippen LogP contribution is -2.41. The lowest BCUT2D eigenvalue weighted by molar-refractivity contribution is 0.156. The van der Waals surface area contributed by atoms with Crippen LogP contribution in [0.25, 0.3) is 0 Å². The van der Waals surface area contributed by atoms with Crippen molar-refractivity contribution in [3.63, 3.8) is 0 Å². The molecule has 0 saturated heterocycles. The third-order valence-corrected chi connectivity index (χ3v) is 2.85. The van der Waals surface area contributed by atoms with Crippen LogP contribution in [0.5, 0.6) is 0 Å². The van der Waals surface area contributed by atoms with Crippen LogP contribution in [0.3, 0.4) is 0 Å². The minimum Gasteiger partial charge on any atom is -0.325 e. The van der Waals surface area contributed by atoms with E-state index in [0.29, 0.717) is 5.01 Å². The first kappa shape index (κ1) is 10.5. The summed E-state index contributed by atoms with van der Waals surface area (Å²) in [5.74, 6) is 0. The van der Waals surface area contributed by atoms with Crippen molar-refractivity contribution in [3.8, 4) is 0 Å². The van der Waals surface area contributed by atoms with Crippen molar-refractivity contribution in [3.05, 3.63) is 10.0 Å². The van der Waals surface area contributed by atoms with E-state index in [1.165, 1.54) is 18.3 Å². The van der Waals surface area contributed by atoms with Gasteiger partial charge in [-0.1, -0.05) is 0 Å². The number of hydrogen-bond donors (Lipinski definition) is 1. The summed E-state index contributed by atoms with van der Waals surface area (Å²) in [6, 6.07) is -0.489. The number of halogens is 1. The predicted octanol–water partition coefficient (Wildman–Crippen LogP) is 1.46. The fraction of sp³-hybridized carbons (Fsp3) is 0.750. The SMILES string of the molecule is Cc1nnc(CC(C)(F)C(C)N)s1. The molecule has 1 heterocycles. The Morgan fingerprint density at radius 3 is 2.62 bits per heavy atom. The van der Waals surface area contributed by atoms with E-state index in [1.54, 1.807) is 6.92 Å². The molecule has 5 heteroatoms. The van der Waals surface area contributed by atoms with E-state index in [4.69, 9.17) is 5.73 Å². The Hall–Kier alpha value is -0.550. The zero-order valence-electron chi connectivity index (χ0n) is 8.04. The lowest BCUT2D eigenvalue weighted by atomic mass is 9.97. The maximum atomic E-state index is 13.7. The molecule has 0 amide bonds. The van der Waals surface area contributed by atoms with E-state index in [-0.39, 0.29) is 6.42 Å². The van der Waals surface area contributed by atoms with E-state index in [1.807, 2.05) is 6.92 Å². The summed E-state index contributed by atoms with van der Waals surface area (Å²) in [5.41, 5.74) is 4.11. The lowest BCUT2D eigenvalue weighted by Gasteiger charge is -2.22. The van der Waals surface area contributed by atoms with E-state index >= 15 is 0 Å². The molecule has 0 aromatic carbocycles. The van der Waals surface area contributed by atoms with E-state index in [9.17, 15) is 4.39 Å². The largest absolute Gasteiger partial charge is 0.325 e. The van der Waals surface area contributed by atoms with Gasteiger partial charge in [0.25, 0.3) is 0 Å². The molecule has 74 valence electrons. The summed E-state index contributed by atoms with van der Waals surface area (Å²) < 4.78 is 13.7. The van der Waals surface area contributed by atoms with E-state index in [0.717, 1.165) is 5.01 Å². The number of rotatable bonds is 3. The Bertz CT molecular complexity index is 283. The van der Waals surface area contributed by atoms with Gasteiger partial charge in [0.15, 0.2) is 0 Å². The molecule has 0 saturated carbocycles. The molecule has 1 aromatic rings. The van der Waals surface area contributed by atoms with Gasteiger partial charge in [0, 0.05) is 12.5 Å². The molecule has 0 bridgehead atoms. The summed E-state index contributed by atoms with van der Waals surface area (Å²) in [4.78, 5) is 0. The first-order valence-corrected chi connectivity index (χ1v) is 4.97. The molecule has 2 unspecified atom stereocenters. The highest BCUT2D eigenvalue weighted by Gasteiger charge is 2.29. The molecule has 2 N–H and O–H groups in total. The predicted molar refractivity (Wildman–Crippen MR) is 51.5 cm³/mol. The van der Waals surface area contributed by atoms with Gasteiger partial charge in [0.2, 0.25) is 0 Å². The first-order chi connectivity index (χ1) is 5.92. The van der Waals surface area contributed by atoms with Crippen molar-refractivity contribution in [1.82, 2.24) is 10.2 Å². The van der Waals surface area contributed by atoms with E-state index < -0.39 is 11.7 Å². The third kappa shape index (κ3) is 2.70. The number of nitrogens with zero attached hydrogens (tertiary/aromatic N) is 2. The topological polar surface area (TPSA) is 51.8 Å². The molecule has 0 aliphatic heterocycles. The Labute approximate surface area is 81.2 Å². The molecule has 1 aromatic heterocycles. The van der Waals surface area contributed by atoms with Crippen molar-refractivity contribution in [2.24, 2.45) is 5.73 Å². The number of alkyl halides is 1. The van der Waals surface area contributed by atoms with Crippen LogP contribution in [0.2, 0.25) is 0 Å². The highest BCUT2D eigenvalue weighted by atomic mass is 32.1. The van der Waals surface area contributed by atoms with Gasteiger partial charge in [-0.15, -0.1) is 21.5 Å². The van der Waals surface area contributed by atoms with Crippen LogP contribution in [-0.4, -0.2) is 21.9 Å². The Balaban J connectivity index is 2.68. The smallest absolute Gasteiger partial charge is 0.129 e. The zero-order valence-corrected chi connectivity index (χ0v) is 8.86.